The van der Waals surface area contributed by atoms with Crippen molar-refractivity contribution in [2.45, 2.75) is 0 Å². The number of carbonyl (C=O) groups is 1. The maximum Gasteiger partial charge on any atom is 0.277 e. The van der Waals surface area contributed by atoms with Crippen molar-refractivity contribution < 1.29 is 23.7 Å². The van der Waals surface area contributed by atoms with Gasteiger partial charge in [-0.15, -0.1) is 0 Å². The number of nitrogens with zero attached hydrogens (tertiary/aromatic N) is 2. The second-order valence-electron chi connectivity index (χ2n) is 5.17. The third-order valence-corrected chi connectivity index (χ3v) is 3.48. The summed E-state index contributed by atoms with van der Waals surface area (Å²) in [7, 11) is 4.56. The number of hydrazone groups is 1. The second-order valence-corrected chi connectivity index (χ2v) is 5.17. The van der Waals surface area contributed by atoms with Crippen molar-refractivity contribution in [2.24, 2.45) is 5.10 Å². The molecule has 0 atom stereocenters. The zero-order chi connectivity index (χ0) is 19.6. The molecule has 0 bridgehead atoms. The molecule has 0 aliphatic carbocycles. The van der Waals surface area contributed by atoms with E-state index in [4.69, 9.17) is 24.2 Å². The molecule has 2 aromatic carbocycles. The van der Waals surface area contributed by atoms with Crippen molar-refractivity contribution in [1.82, 2.24) is 5.43 Å². The molecule has 8 heteroatoms. The van der Waals surface area contributed by atoms with Gasteiger partial charge < -0.3 is 18.9 Å². The predicted octanol–water partition coefficient (Wildman–Crippen LogP) is 2.11. The number of carbonyl (C=O) groups excluding carboxylic acids is 1. The van der Waals surface area contributed by atoms with E-state index in [1.807, 2.05) is 6.07 Å². The highest BCUT2D eigenvalue weighted by atomic mass is 16.5. The zero-order valence-electron chi connectivity index (χ0n) is 15.2. The number of hydrogen-bond acceptors (Lipinski definition) is 7. The third-order valence-electron chi connectivity index (χ3n) is 3.48. The summed E-state index contributed by atoms with van der Waals surface area (Å²) in [4.78, 5) is 11.8. The fraction of sp³-hybridized carbons (Fsp3) is 0.211. The molecule has 2 aromatic rings. The van der Waals surface area contributed by atoms with Crippen LogP contribution >= 0.6 is 0 Å². The highest BCUT2D eigenvalue weighted by Gasteiger charge is 2.10. The number of ether oxygens (including phenoxy) is 4. The van der Waals surface area contributed by atoms with Gasteiger partial charge in [-0.2, -0.15) is 10.4 Å². The van der Waals surface area contributed by atoms with Crippen LogP contribution in [0, 0.1) is 11.3 Å². The first kappa shape index (κ1) is 19.6. The molecule has 0 heterocycles. The van der Waals surface area contributed by atoms with Gasteiger partial charge in [-0.05, 0) is 30.3 Å². The Bertz CT molecular complexity index is 857. The molecule has 140 valence electrons. The molecule has 2 rings (SSSR count). The maximum absolute atomic E-state index is 11.8. The van der Waals surface area contributed by atoms with Gasteiger partial charge in [0, 0.05) is 11.6 Å². The van der Waals surface area contributed by atoms with Crippen LogP contribution in [-0.4, -0.2) is 40.1 Å². The Morgan fingerprint density at radius 1 is 1.07 bits per heavy atom. The van der Waals surface area contributed by atoms with Crippen molar-refractivity contribution in [3.8, 4) is 29.1 Å². The topological polar surface area (TPSA) is 102 Å². The van der Waals surface area contributed by atoms with Gasteiger partial charge in [-0.3, -0.25) is 4.79 Å². The number of benzene rings is 2. The quantitative estimate of drug-likeness (QED) is 0.565. The predicted molar refractivity (Wildman–Crippen MR) is 98.5 cm³/mol. The van der Waals surface area contributed by atoms with Crippen LogP contribution in [0.5, 0.6) is 23.0 Å². The lowest BCUT2D eigenvalue weighted by atomic mass is 10.2. The maximum atomic E-state index is 11.8. The molecule has 0 aliphatic heterocycles. The van der Waals surface area contributed by atoms with Gasteiger partial charge in [0.25, 0.3) is 5.91 Å². The summed E-state index contributed by atoms with van der Waals surface area (Å²) in [5.74, 6) is 1.59. The van der Waals surface area contributed by atoms with Crippen molar-refractivity contribution in [3.05, 3.63) is 47.5 Å². The highest BCUT2D eigenvalue weighted by Crippen LogP contribution is 2.33. The molecular formula is C19H19N3O5. The summed E-state index contributed by atoms with van der Waals surface area (Å²) in [6.45, 7) is -0.216. The van der Waals surface area contributed by atoms with Gasteiger partial charge in [0.2, 0.25) is 0 Å². The minimum absolute atomic E-state index is 0.216. The number of methoxy groups -OCH3 is 3. The Morgan fingerprint density at radius 2 is 1.70 bits per heavy atom. The van der Waals surface area contributed by atoms with Crippen LogP contribution in [0.3, 0.4) is 0 Å². The van der Waals surface area contributed by atoms with Crippen molar-refractivity contribution in [2.75, 3.05) is 27.9 Å². The van der Waals surface area contributed by atoms with Gasteiger partial charge in [0.05, 0.1) is 39.2 Å². The Hall–Kier alpha value is -3.73. The van der Waals surface area contributed by atoms with E-state index in [1.165, 1.54) is 27.5 Å². The minimum atomic E-state index is -0.435. The lowest BCUT2D eigenvalue weighted by Gasteiger charge is -2.11. The molecule has 1 N–H and O–H groups in total. The van der Waals surface area contributed by atoms with Gasteiger partial charge >= 0.3 is 0 Å². The molecule has 0 radical (unpaired) electrons. The molecule has 0 aromatic heterocycles. The van der Waals surface area contributed by atoms with E-state index >= 15 is 0 Å². The van der Waals surface area contributed by atoms with Crippen LogP contribution in [0.4, 0.5) is 0 Å². The number of rotatable bonds is 8. The normalized spacial score (nSPS) is 10.1. The third kappa shape index (κ3) is 5.37. The largest absolute Gasteiger partial charge is 0.496 e. The van der Waals surface area contributed by atoms with Crippen LogP contribution in [0.1, 0.15) is 11.1 Å². The number of hydrogen-bond donors (Lipinski definition) is 1. The van der Waals surface area contributed by atoms with Crippen LogP contribution in [0.25, 0.3) is 0 Å². The monoisotopic (exact) mass is 369 g/mol. The molecular weight excluding hydrogens is 350 g/mol. The lowest BCUT2D eigenvalue weighted by Crippen LogP contribution is -2.24. The highest BCUT2D eigenvalue weighted by molar-refractivity contribution is 5.86. The first-order valence-corrected chi connectivity index (χ1v) is 7.86. The summed E-state index contributed by atoms with van der Waals surface area (Å²) in [5.41, 5.74) is 3.48. The molecule has 0 saturated heterocycles. The van der Waals surface area contributed by atoms with E-state index in [-0.39, 0.29) is 6.61 Å². The Balaban J connectivity index is 1.95. The Labute approximate surface area is 156 Å². The Kier molecular flexibility index (Phi) is 7.02. The number of nitriles is 1. The van der Waals surface area contributed by atoms with Crippen molar-refractivity contribution in [1.29, 1.82) is 5.26 Å². The van der Waals surface area contributed by atoms with Gasteiger partial charge in [0.15, 0.2) is 18.1 Å². The minimum Gasteiger partial charge on any atom is -0.496 e. The first-order chi connectivity index (χ1) is 13.1. The second kappa shape index (κ2) is 9.68. The fourth-order valence-corrected chi connectivity index (χ4v) is 2.13. The summed E-state index contributed by atoms with van der Waals surface area (Å²) >= 11 is 0. The summed E-state index contributed by atoms with van der Waals surface area (Å²) in [6, 6.07) is 11.8. The van der Waals surface area contributed by atoms with Gasteiger partial charge in [-0.25, -0.2) is 5.43 Å². The van der Waals surface area contributed by atoms with Crippen LogP contribution < -0.4 is 24.4 Å². The average Bonchev–Trinajstić information content (AvgIpc) is 2.72. The molecule has 1 amide bonds. The van der Waals surface area contributed by atoms with Crippen molar-refractivity contribution >= 4 is 12.1 Å². The summed E-state index contributed by atoms with van der Waals surface area (Å²) in [5, 5.41) is 12.6. The lowest BCUT2D eigenvalue weighted by molar-refractivity contribution is -0.123. The molecule has 0 fully saturated rings. The van der Waals surface area contributed by atoms with Gasteiger partial charge in [0.1, 0.15) is 11.5 Å². The van der Waals surface area contributed by atoms with Gasteiger partial charge in [-0.1, -0.05) is 0 Å². The molecule has 8 nitrogen and oxygen atoms in total. The number of amides is 1. The van der Waals surface area contributed by atoms with E-state index in [0.29, 0.717) is 34.1 Å². The fourth-order valence-electron chi connectivity index (χ4n) is 2.13. The summed E-state index contributed by atoms with van der Waals surface area (Å²) < 4.78 is 21.1. The number of nitrogens with one attached hydrogen (secondary N) is 1. The van der Waals surface area contributed by atoms with E-state index in [9.17, 15) is 4.79 Å². The standard InChI is InChI=1S/C19H19N3O5/c1-24-16-9-18(26-3)17(25-2)8-14(16)11-21-22-19(23)12-27-15-6-4-13(10-20)5-7-15/h4-9,11H,12H2,1-3H3,(H,22,23)/b21-11+. The van der Waals surface area contributed by atoms with Crippen LogP contribution in [0.15, 0.2) is 41.5 Å². The molecule has 0 unspecified atom stereocenters. The van der Waals surface area contributed by atoms with E-state index in [2.05, 4.69) is 10.5 Å². The summed E-state index contributed by atoms with van der Waals surface area (Å²) in [6.07, 6.45) is 1.43. The Morgan fingerprint density at radius 3 is 2.30 bits per heavy atom. The van der Waals surface area contributed by atoms with E-state index in [1.54, 1.807) is 36.4 Å². The van der Waals surface area contributed by atoms with Crippen LogP contribution in [-0.2, 0) is 4.79 Å². The van der Waals surface area contributed by atoms with E-state index in [0.717, 1.165) is 0 Å². The zero-order valence-corrected chi connectivity index (χ0v) is 15.2. The van der Waals surface area contributed by atoms with E-state index < -0.39 is 5.91 Å². The van der Waals surface area contributed by atoms with Crippen molar-refractivity contribution in [3.63, 3.8) is 0 Å². The molecule has 0 saturated carbocycles. The smallest absolute Gasteiger partial charge is 0.277 e. The molecule has 27 heavy (non-hydrogen) atoms. The van der Waals surface area contributed by atoms with Crippen LogP contribution in [0.2, 0.25) is 0 Å². The molecule has 0 aliphatic rings. The average molecular weight is 369 g/mol. The SMILES string of the molecule is COc1cc(OC)c(OC)cc1/C=N/NC(=O)COc1ccc(C#N)cc1. The molecule has 0 spiro atoms. The first-order valence-electron chi connectivity index (χ1n) is 7.86.